The van der Waals surface area contributed by atoms with E-state index < -0.39 is 11.2 Å². The molecule has 7 atom stereocenters. The minimum atomic E-state index is -0.864. The van der Waals surface area contributed by atoms with Gasteiger partial charge in [0.15, 0.2) is 11.5 Å². The van der Waals surface area contributed by atoms with Gasteiger partial charge in [-0.1, -0.05) is 62.4 Å². The van der Waals surface area contributed by atoms with Gasteiger partial charge in [-0.25, -0.2) is 0 Å². The van der Waals surface area contributed by atoms with Crippen molar-refractivity contribution in [3.05, 3.63) is 71.3 Å². The molecule has 4 bridgehead atoms. The summed E-state index contributed by atoms with van der Waals surface area (Å²) in [5.41, 5.74) is 2.01. The zero-order valence-corrected chi connectivity index (χ0v) is 24.1. The molecule has 0 amide bonds. The fourth-order valence-electron chi connectivity index (χ4n) is 9.35. The van der Waals surface area contributed by atoms with E-state index in [1.54, 1.807) is 0 Å². The Hall–Kier alpha value is -2.34. The van der Waals surface area contributed by atoms with Gasteiger partial charge in [0.25, 0.3) is 0 Å². The Labute approximate surface area is 233 Å². The Morgan fingerprint density at radius 2 is 1.95 bits per heavy atom. The molecule has 1 N–H and O–H groups in total. The molecule has 0 radical (unpaired) electrons. The van der Waals surface area contributed by atoms with Crippen LogP contribution in [0.1, 0.15) is 63.1 Å². The second-order valence-corrected chi connectivity index (χ2v) is 13.6. The number of piperidine rings is 1. The van der Waals surface area contributed by atoms with Gasteiger partial charge < -0.3 is 24.2 Å². The van der Waals surface area contributed by atoms with E-state index in [-0.39, 0.29) is 22.9 Å². The van der Waals surface area contributed by atoms with Gasteiger partial charge in [-0.2, -0.15) is 0 Å². The molecule has 8 rings (SSSR count). The van der Waals surface area contributed by atoms with Crippen LogP contribution in [0.25, 0.3) is 0 Å². The molecule has 208 valence electrons. The van der Waals surface area contributed by atoms with Crippen molar-refractivity contribution in [1.82, 2.24) is 4.90 Å². The molecule has 4 aliphatic carbocycles. The lowest BCUT2D eigenvalue weighted by Crippen LogP contribution is -2.80. The van der Waals surface area contributed by atoms with E-state index in [1.807, 2.05) is 32.2 Å². The average molecular weight is 530 g/mol. The number of benzene rings is 2. The van der Waals surface area contributed by atoms with Crippen LogP contribution in [-0.4, -0.2) is 54.1 Å². The molecular formula is C34H43NO4. The van der Waals surface area contributed by atoms with E-state index in [1.165, 1.54) is 11.1 Å². The van der Waals surface area contributed by atoms with Crippen molar-refractivity contribution in [3.8, 4) is 11.5 Å². The van der Waals surface area contributed by atoms with Crippen molar-refractivity contribution in [2.24, 2.45) is 17.3 Å². The summed E-state index contributed by atoms with van der Waals surface area (Å²) in [7, 11) is 4.10. The lowest BCUT2D eigenvalue weighted by molar-refractivity contribution is -0.247. The first kappa shape index (κ1) is 25.6. The van der Waals surface area contributed by atoms with Crippen molar-refractivity contribution in [1.29, 1.82) is 0 Å². The summed E-state index contributed by atoms with van der Waals surface area (Å²) in [6, 6.07) is 15.1. The van der Waals surface area contributed by atoms with Gasteiger partial charge in [0.2, 0.25) is 0 Å². The highest BCUT2D eigenvalue weighted by Gasteiger charge is 2.80. The number of hydrogen-bond acceptors (Lipinski definition) is 5. The Balaban J connectivity index is 1.37. The normalized spacial score (nSPS) is 36.9. The summed E-state index contributed by atoms with van der Waals surface area (Å²) in [5.74, 6) is 2.21. The maximum Gasteiger partial charge on any atom is 0.166 e. The third-order valence-electron chi connectivity index (χ3n) is 11.3. The number of likely N-dealkylation sites (tertiary alicyclic amines) is 1. The van der Waals surface area contributed by atoms with Crippen molar-refractivity contribution in [2.45, 2.75) is 88.2 Å². The standard InChI is InChI=1S/C34H43NO4/c1-22(2)13-14-31(3,36)26-20-32-15-16-34(26,37-5)30-33(32)17-18-35(4)27(32)19-24-11-12-25(29(39-30)28(24)33)38-21-23-9-7-6-8-10-23/h6-12,15-16,22,26-27,30,36H,13-14,17-21H2,1-5H3/t26-,27-,30-,31-,32?,33+,34+/m1/s1. The van der Waals surface area contributed by atoms with Crippen LogP contribution < -0.4 is 9.47 Å². The smallest absolute Gasteiger partial charge is 0.166 e. The molecule has 1 unspecified atom stereocenters. The predicted octanol–water partition coefficient (Wildman–Crippen LogP) is 5.67. The van der Waals surface area contributed by atoms with Crippen molar-refractivity contribution in [2.75, 3.05) is 20.7 Å². The van der Waals surface area contributed by atoms with Gasteiger partial charge in [0, 0.05) is 30.0 Å². The fraction of sp³-hybridized carbons (Fsp3) is 0.588. The van der Waals surface area contributed by atoms with Crippen LogP contribution in [0.2, 0.25) is 0 Å². The molecule has 2 spiro atoms. The van der Waals surface area contributed by atoms with Crippen LogP contribution in [-0.2, 0) is 23.2 Å². The third-order valence-corrected chi connectivity index (χ3v) is 11.3. The maximum atomic E-state index is 12.2. The molecule has 0 aromatic heterocycles. The van der Waals surface area contributed by atoms with Gasteiger partial charge in [-0.05, 0) is 75.7 Å². The number of nitrogens with zero attached hydrogens (tertiary/aromatic N) is 1. The van der Waals surface area contributed by atoms with Gasteiger partial charge >= 0.3 is 0 Å². The SMILES string of the molecule is CO[C@@]12C=CC3(C[C@@H]1[C@](C)(O)CCC(C)C)[C@H]1Cc4ccc(OCc5ccccc5)c5c4[C@@]3(CCN1C)[C@H]2O5. The summed E-state index contributed by atoms with van der Waals surface area (Å²) in [6.07, 6.45) is 9.24. The van der Waals surface area contributed by atoms with Crippen molar-refractivity contribution >= 4 is 0 Å². The maximum absolute atomic E-state index is 12.2. The van der Waals surface area contributed by atoms with Gasteiger partial charge in [-0.15, -0.1) is 0 Å². The molecule has 6 aliphatic rings. The van der Waals surface area contributed by atoms with E-state index in [9.17, 15) is 5.11 Å². The van der Waals surface area contributed by atoms with Crippen LogP contribution in [0.4, 0.5) is 0 Å². The number of methoxy groups -OCH3 is 1. The van der Waals surface area contributed by atoms with Gasteiger partial charge in [0.05, 0.1) is 11.0 Å². The minimum Gasteiger partial charge on any atom is -0.485 e. The molecule has 1 saturated carbocycles. The second-order valence-electron chi connectivity index (χ2n) is 13.6. The summed E-state index contributed by atoms with van der Waals surface area (Å²) in [5, 5.41) is 12.2. The van der Waals surface area contributed by atoms with Crippen LogP contribution in [0, 0.1) is 17.3 Å². The molecular weight excluding hydrogens is 486 g/mol. The van der Waals surface area contributed by atoms with Crippen molar-refractivity contribution < 1.29 is 19.3 Å². The molecule has 2 aromatic carbocycles. The lowest BCUT2D eigenvalue weighted by atomic mass is 9.36. The van der Waals surface area contributed by atoms with E-state index in [4.69, 9.17) is 14.2 Å². The topological polar surface area (TPSA) is 51.2 Å². The summed E-state index contributed by atoms with van der Waals surface area (Å²) in [6.45, 7) is 8.05. The Kier molecular flexibility index (Phi) is 5.64. The quantitative estimate of drug-likeness (QED) is 0.447. The summed E-state index contributed by atoms with van der Waals surface area (Å²) < 4.78 is 20.2. The van der Waals surface area contributed by atoms with Crippen LogP contribution >= 0.6 is 0 Å². The number of likely N-dealkylation sites (N-methyl/N-ethyl adjacent to an activating group) is 1. The van der Waals surface area contributed by atoms with E-state index in [2.05, 4.69) is 62.2 Å². The first-order valence-corrected chi connectivity index (χ1v) is 14.9. The third kappa shape index (κ3) is 3.24. The highest BCUT2D eigenvalue weighted by atomic mass is 16.6. The van der Waals surface area contributed by atoms with E-state index in [0.29, 0.717) is 18.6 Å². The highest BCUT2D eigenvalue weighted by molar-refractivity contribution is 5.65. The van der Waals surface area contributed by atoms with Crippen LogP contribution in [0.15, 0.2) is 54.6 Å². The van der Waals surface area contributed by atoms with E-state index >= 15 is 0 Å². The Bertz CT molecular complexity index is 1300. The molecule has 5 nitrogen and oxygen atoms in total. The lowest BCUT2D eigenvalue weighted by Gasteiger charge is -2.72. The van der Waals surface area contributed by atoms with E-state index in [0.717, 1.165) is 55.7 Å². The van der Waals surface area contributed by atoms with Crippen molar-refractivity contribution in [3.63, 3.8) is 0 Å². The Morgan fingerprint density at radius 1 is 1.15 bits per heavy atom. The summed E-state index contributed by atoms with van der Waals surface area (Å²) >= 11 is 0. The molecule has 1 saturated heterocycles. The molecule has 39 heavy (non-hydrogen) atoms. The average Bonchev–Trinajstić information content (AvgIpc) is 3.31. The number of aliphatic hydroxyl groups is 1. The summed E-state index contributed by atoms with van der Waals surface area (Å²) in [4.78, 5) is 2.57. The second kappa shape index (κ2) is 8.58. The first-order valence-electron chi connectivity index (χ1n) is 14.9. The fourth-order valence-corrected chi connectivity index (χ4v) is 9.35. The first-order chi connectivity index (χ1) is 18.7. The number of ether oxygens (including phenoxy) is 3. The molecule has 2 fully saturated rings. The number of fused-ring (bicyclic) bond motifs is 1. The monoisotopic (exact) mass is 529 g/mol. The number of rotatable bonds is 8. The van der Waals surface area contributed by atoms with Gasteiger partial charge in [-0.3, -0.25) is 0 Å². The van der Waals surface area contributed by atoms with Crippen LogP contribution in [0.5, 0.6) is 11.5 Å². The Morgan fingerprint density at radius 3 is 2.69 bits per heavy atom. The highest BCUT2D eigenvalue weighted by Crippen LogP contribution is 2.75. The molecule has 2 heterocycles. The minimum absolute atomic E-state index is 0.0598. The molecule has 2 aromatic rings. The zero-order valence-electron chi connectivity index (χ0n) is 24.1. The predicted molar refractivity (Wildman–Crippen MR) is 152 cm³/mol. The zero-order chi connectivity index (χ0) is 27.2. The molecule has 5 heteroatoms. The molecule has 2 aliphatic heterocycles. The largest absolute Gasteiger partial charge is 0.485 e. The number of hydrogen-bond donors (Lipinski definition) is 1. The van der Waals surface area contributed by atoms with Crippen LogP contribution in [0.3, 0.4) is 0 Å². The van der Waals surface area contributed by atoms with Gasteiger partial charge in [0.1, 0.15) is 18.3 Å².